The maximum atomic E-state index is 12.5. The number of amides is 1. The first-order valence-corrected chi connectivity index (χ1v) is 10.1. The topological polar surface area (TPSA) is 110 Å². The Labute approximate surface area is 169 Å². The standard InChI is InChI=1S/C20H22N2O6S/c1-13(19(24)15-5-9-17(10-6-15)21-14(2)23)28-20(25)16-7-11-18(12-8-16)29(26,27)22(3)4/h5-13H,1-4H3,(H,21,23)/t13-/m1/s1. The second-order valence-electron chi connectivity index (χ2n) is 6.48. The molecule has 0 radical (unpaired) electrons. The highest BCUT2D eigenvalue weighted by Crippen LogP contribution is 2.16. The zero-order valence-electron chi connectivity index (χ0n) is 16.5. The highest BCUT2D eigenvalue weighted by Gasteiger charge is 2.22. The molecule has 8 nitrogen and oxygen atoms in total. The highest BCUT2D eigenvalue weighted by atomic mass is 32.2. The van der Waals surface area contributed by atoms with Crippen LogP contribution in [0.3, 0.4) is 0 Å². The molecular formula is C20H22N2O6S. The molecule has 2 aromatic carbocycles. The number of ketones is 1. The fourth-order valence-corrected chi connectivity index (χ4v) is 3.31. The largest absolute Gasteiger partial charge is 0.451 e. The summed E-state index contributed by atoms with van der Waals surface area (Å²) in [5, 5.41) is 2.59. The van der Waals surface area contributed by atoms with Gasteiger partial charge in [-0.1, -0.05) is 0 Å². The van der Waals surface area contributed by atoms with Crippen molar-refractivity contribution in [2.24, 2.45) is 0 Å². The number of anilines is 1. The molecule has 1 atom stereocenters. The first-order valence-electron chi connectivity index (χ1n) is 8.68. The van der Waals surface area contributed by atoms with Crippen LogP contribution in [-0.2, 0) is 19.6 Å². The summed E-state index contributed by atoms with van der Waals surface area (Å²) < 4.78 is 30.4. The molecule has 9 heteroatoms. The van der Waals surface area contributed by atoms with E-state index in [0.29, 0.717) is 11.3 Å². The van der Waals surface area contributed by atoms with Crippen LogP contribution in [0.5, 0.6) is 0 Å². The van der Waals surface area contributed by atoms with Crippen LogP contribution in [0.15, 0.2) is 53.4 Å². The quantitative estimate of drug-likeness (QED) is 0.546. The molecular weight excluding hydrogens is 396 g/mol. The molecule has 0 aliphatic carbocycles. The molecule has 2 rings (SSSR count). The molecule has 1 N–H and O–H groups in total. The van der Waals surface area contributed by atoms with Gasteiger partial charge in [0.1, 0.15) is 0 Å². The van der Waals surface area contributed by atoms with Crippen LogP contribution >= 0.6 is 0 Å². The van der Waals surface area contributed by atoms with Gasteiger partial charge >= 0.3 is 5.97 Å². The van der Waals surface area contributed by atoms with Crippen molar-refractivity contribution in [3.05, 3.63) is 59.7 Å². The molecule has 0 aliphatic rings. The van der Waals surface area contributed by atoms with Crippen LogP contribution in [0.25, 0.3) is 0 Å². The SMILES string of the molecule is CC(=O)Nc1ccc(C(=O)[C@@H](C)OC(=O)c2ccc(S(=O)(=O)N(C)C)cc2)cc1. The zero-order valence-corrected chi connectivity index (χ0v) is 17.3. The Hall–Kier alpha value is -3.04. The zero-order chi connectivity index (χ0) is 21.8. The van der Waals surface area contributed by atoms with Crippen molar-refractivity contribution in [1.82, 2.24) is 4.31 Å². The summed E-state index contributed by atoms with van der Waals surface area (Å²) in [6, 6.07) is 11.5. The summed E-state index contributed by atoms with van der Waals surface area (Å²) >= 11 is 0. The number of ether oxygens (including phenoxy) is 1. The number of benzene rings is 2. The van der Waals surface area contributed by atoms with E-state index in [2.05, 4.69) is 5.32 Å². The minimum Gasteiger partial charge on any atom is -0.451 e. The maximum absolute atomic E-state index is 12.5. The van der Waals surface area contributed by atoms with Crippen molar-refractivity contribution >= 4 is 33.4 Å². The van der Waals surface area contributed by atoms with Crippen molar-refractivity contribution in [1.29, 1.82) is 0 Å². The molecule has 0 aliphatic heterocycles. The monoisotopic (exact) mass is 418 g/mol. The first kappa shape index (κ1) is 22.3. The van der Waals surface area contributed by atoms with Crippen molar-refractivity contribution in [2.75, 3.05) is 19.4 Å². The second kappa shape index (κ2) is 8.97. The lowest BCUT2D eigenvalue weighted by molar-refractivity contribution is -0.114. The predicted octanol–water partition coefficient (Wildman–Crippen LogP) is 2.32. The Morgan fingerprint density at radius 3 is 1.93 bits per heavy atom. The predicted molar refractivity (Wildman–Crippen MR) is 107 cm³/mol. The molecule has 2 aromatic rings. The van der Waals surface area contributed by atoms with E-state index in [0.717, 1.165) is 4.31 Å². The van der Waals surface area contributed by atoms with Gasteiger partial charge in [0.05, 0.1) is 10.5 Å². The number of esters is 1. The minimum atomic E-state index is -3.60. The normalized spacial score (nSPS) is 12.3. The fourth-order valence-electron chi connectivity index (χ4n) is 2.41. The van der Waals surface area contributed by atoms with Gasteiger partial charge in [0.2, 0.25) is 21.7 Å². The van der Waals surface area contributed by atoms with Gasteiger partial charge in [-0.2, -0.15) is 0 Å². The third-order valence-corrected chi connectivity index (χ3v) is 5.84. The summed E-state index contributed by atoms with van der Waals surface area (Å²) in [5.74, 6) is -1.37. The first-order chi connectivity index (χ1) is 13.5. The minimum absolute atomic E-state index is 0.0439. The van der Waals surface area contributed by atoms with Gasteiger partial charge in [-0.05, 0) is 55.5 Å². The third-order valence-electron chi connectivity index (χ3n) is 4.01. The van der Waals surface area contributed by atoms with E-state index in [-0.39, 0.29) is 16.4 Å². The van der Waals surface area contributed by atoms with Gasteiger partial charge in [0.25, 0.3) is 0 Å². The number of carbonyl (C=O) groups excluding carboxylic acids is 3. The number of Topliss-reactive ketones (excluding diaryl/α,β-unsaturated/α-hetero) is 1. The average molecular weight is 418 g/mol. The van der Waals surface area contributed by atoms with E-state index in [1.54, 1.807) is 12.1 Å². The number of sulfonamides is 1. The highest BCUT2D eigenvalue weighted by molar-refractivity contribution is 7.89. The van der Waals surface area contributed by atoms with Crippen molar-refractivity contribution in [2.45, 2.75) is 24.8 Å². The van der Waals surface area contributed by atoms with Crippen molar-refractivity contribution in [3.8, 4) is 0 Å². The Morgan fingerprint density at radius 1 is 0.931 bits per heavy atom. The summed E-state index contributed by atoms with van der Waals surface area (Å²) in [6.45, 7) is 2.83. The fraction of sp³-hybridized carbons (Fsp3) is 0.250. The smallest absolute Gasteiger partial charge is 0.338 e. The molecule has 0 saturated carbocycles. The number of hydrogen-bond acceptors (Lipinski definition) is 6. The molecule has 0 spiro atoms. The number of nitrogens with one attached hydrogen (secondary N) is 1. The maximum Gasteiger partial charge on any atom is 0.338 e. The lowest BCUT2D eigenvalue weighted by atomic mass is 10.1. The third kappa shape index (κ3) is 5.49. The number of nitrogens with zero attached hydrogens (tertiary/aromatic N) is 1. The van der Waals surface area contributed by atoms with Gasteiger partial charge in [-0.3, -0.25) is 9.59 Å². The Morgan fingerprint density at radius 2 is 1.45 bits per heavy atom. The van der Waals surface area contributed by atoms with Crippen LogP contribution in [0.4, 0.5) is 5.69 Å². The summed E-state index contributed by atoms with van der Waals surface area (Å²) in [7, 11) is -0.782. The van der Waals surface area contributed by atoms with E-state index in [1.807, 2.05) is 0 Å². The van der Waals surface area contributed by atoms with Crippen LogP contribution in [0, 0.1) is 0 Å². The van der Waals surface area contributed by atoms with Crippen molar-refractivity contribution < 1.29 is 27.5 Å². The summed E-state index contributed by atoms with van der Waals surface area (Å²) in [5.41, 5.74) is 1.00. The Balaban J connectivity index is 2.06. The lowest BCUT2D eigenvalue weighted by Gasteiger charge is -2.14. The average Bonchev–Trinajstić information content (AvgIpc) is 2.67. The van der Waals surface area contributed by atoms with Crippen LogP contribution < -0.4 is 5.32 Å². The van der Waals surface area contributed by atoms with E-state index in [1.165, 1.54) is 64.3 Å². The molecule has 1 amide bonds. The number of carbonyl (C=O) groups is 3. The molecule has 0 fully saturated rings. The van der Waals surface area contributed by atoms with Crippen LogP contribution in [0.1, 0.15) is 34.6 Å². The van der Waals surface area contributed by atoms with Crippen molar-refractivity contribution in [3.63, 3.8) is 0 Å². The molecule has 0 heterocycles. The molecule has 0 bridgehead atoms. The van der Waals surface area contributed by atoms with Gasteiger partial charge in [-0.25, -0.2) is 17.5 Å². The second-order valence-corrected chi connectivity index (χ2v) is 8.63. The molecule has 29 heavy (non-hydrogen) atoms. The van der Waals surface area contributed by atoms with Gasteiger partial charge in [-0.15, -0.1) is 0 Å². The molecule has 0 aromatic heterocycles. The van der Waals surface area contributed by atoms with E-state index in [9.17, 15) is 22.8 Å². The molecule has 154 valence electrons. The Bertz CT molecular complexity index is 1010. The van der Waals surface area contributed by atoms with Crippen LogP contribution in [-0.4, -0.2) is 50.6 Å². The number of rotatable bonds is 7. The van der Waals surface area contributed by atoms with E-state index < -0.39 is 27.9 Å². The number of hydrogen-bond donors (Lipinski definition) is 1. The van der Waals surface area contributed by atoms with Gasteiger partial charge in [0, 0.05) is 32.3 Å². The lowest BCUT2D eigenvalue weighted by Crippen LogP contribution is -2.25. The molecule has 0 unspecified atom stereocenters. The van der Waals surface area contributed by atoms with Gasteiger partial charge < -0.3 is 10.1 Å². The Kier molecular flexibility index (Phi) is 6.89. The molecule has 0 saturated heterocycles. The summed E-state index contributed by atoms with van der Waals surface area (Å²) in [6.07, 6.45) is -1.04. The van der Waals surface area contributed by atoms with Gasteiger partial charge in [0.15, 0.2) is 6.10 Å². The van der Waals surface area contributed by atoms with Crippen LogP contribution in [0.2, 0.25) is 0 Å². The van der Waals surface area contributed by atoms with E-state index >= 15 is 0 Å². The van der Waals surface area contributed by atoms with E-state index in [4.69, 9.17) is 4.74 Å². The summed E-state index contributed by atoms with van der Waals surface area (Å²) in [4.78, 5) is 35.8.